The van der Waals surface area contributed by atoms with Crippen LogP contribution in [0.1, 0.15) is 21.5 Å². The molecule has 0 radical (unpaired) electrons. The molecule has 1 aliphatic rings. The zero-order valence-electron chi connectivity index (χ0n) is 12.1. The van der Waals surface area contributed by atoms with Crippen molar-refractivity contribution < 1.29 is 14.2 Å². The Kier molecular flexibility index (Phi) is 4.06. The lowest BCUT2D eigenvalue weighted by molar-refractivity contribution is 0.357. The molecule has 21 heavy (non-hydrogen) atoms. The summed E-state index contributed by atoms with van der Waals surface area (Å²) in [6.07, 6.45) is 0.977. The van der Waals surface area contributed by atoms with E-state index < -0.39 is 0 Å². The molecule has 0 aliphatic carbocycles. The molecular weight excluding hydrogens is 332 g/mol. The van der Waals surface area contributed by atoms with E-state index in [0.717, 1.165) is 35.8 Å². The Morgan fingerprint density at radius 2 is 1.71 bits per heavy atom. The molecule has 1 aliphatic heterocycles. The van der Waals surface area contributed by atoms with Crippen molar-refractivity contribution in [3.05, 3.63) is 53.1 Å². The third-order valence-corrected chi connectivity index (χ3v) is 4.73. The van der Waals surface area contributed by atoms with Gasteiger partial charge in [-0.15, -0.1) is 0 Å². The van der Waals surface area contributed by atoms with Crippen LogP contribution in [-0.4, -0.2) is 20.8 Å². The first-order chi connectivity index (χ1) is 10.2. The summed E-state index contributed by atoms with van der Waals surface area (Å²) in [4.78, 5) is 0.0902. The van der Waals surface area contributed by atoms with E-state index in [4.69, 9.17) is 14.2 Å². The number of methoxy groups -OCH3 is 2. The van der Waals surface area contributed by atoms with Crippen LogP contribution in [-0.2, 0) is 6.42 Å². The van der Waals surface area contributed by atoms with Gasteiger partial charge >= 0.3 is 0 Å². The molecule has 0 aromatic heterocycles. The first-order valence-corrected chi connectivity index (χ1v) is 7.75. The monoisotopic (exact) mass is 348 g/mol. The molecule has 110 valence electrons. The van der Waals surface area contributed by atoms with Gasteiger partial charge in [-0.1, -0.05) is 28.1 Å². The van der Waals surface area contributed by atoms with Crippen LogP contribution in [0.25, 0.3) is 0 Å². The van der Waals surface area contributed by atoms with Crippen molar-refractivity contribution in [2.24, 2.45) is 0 Å². The highest BCUT2D eigenvalue weighted by molar-refractivity contribution is 9.09. The second kappa shape index (κ2) is 5.98. The van der Waals surface area contributed by atoms with E-state index in [0.29, 0.717) is 0 Å². The molecule has 0 saturated heterocycles. The maximum Gasteiger partial charge on any atom is 0.122 e. The summed E-state index contributed by atoms with van der Waals surface area (Å²) in [5.74, 6) is 2.58. The molecule has 0 bridgehead atoms. The van der Waals surface area contributed by atoms with E-state index in [2.05, 4.69) is 28.1 Å². The van der Waals surface area contributed by atoms with E-state index in [9.17, 15) is 0 Å². The summed E-state index contributed by atoms with van der Waals surface area (Å²) in [6, 6.07) is 12.3. The normalized spacial score (nSPS) is 14.2. The SMILES string of the molecule is COc1cc(OC)cc(C(Br)c2ccc3c(c2)CCO3)c1. The zero-order chi connectivity index (χ0) is 14.8. The number of benzene rings is 2. The van der Waals surface area contributed by atoms with Gasteiger partial charge in [0.1, 0.15) is 17.2 Å². The molecule has 1 unspecified atom stereocenters. The quantitative estimate of drug-likeness (QED) is 0.777. The summed E-state index contributed by atoms with van der Waals surface area (Å²) < 4.78 is 16.2. The fourth-order valence-corrected chi connectivity index (χ4v) is 3.08. The molecule has 0 amide bonds. The number of rotatable bonds is 4. The Morgan fingerprint density at radius 1 is 1.00 bits per heavy atom. The molecule has 1 heterocycles. The van der Waals surface area contributed by atoms with Crippen LogP contribution in [0, 0.1) is 0 Å². The van der Waals surface area contributed by atoms with Crippen molar-refractivity contribution in [3.63, 3.8) is 0 Å². The van der Waals surface area contributed by atoms with Gasteiger partial charge in [-0.2, -0.15) is 0 Å². The van der Waals surface area contributed by atoms with Crippen LogP contribution in [0.2, 0.25) is 0 Å². The third kappa shape index (κ3) is 2.86. The predicted molar refractivity (Wildman–Crippen MR) is 86.0 cm³/mol. The third-order valence-electron chi connectivity index (χ3n) is 3.67. The maximum absolute atomic E-state index is 5.56. The summed E-state index contributed by atoms with van der Waals surface area (Å²) in [5, 5.41) is 0. The minimum absolute atomic E-state index is 0.0902. The molecule has 2 aromatic carbocycles. The zero-order valence-corrected chi connectivity index (χ0v) is 13.6. The van der Waals surface area contributed by atoms with Crippen molar-refractivity contribution in [3.8, 4) is 17.2 Å². The fourth-order valence-electron chi connectivity index (χ4n) is 2.53. The Labute approximate surface area is 133 Å². The summed E-state index contributed by atoms with van der Waals surface area (Å²) in [5.41, 5.74) is 3.58. The largest absolute Gasteiger partial charge is 0.497 e. The van der Waals surface area contributed by atoms with Crippen molar-refractivity contribution in [2.75, 3.05) is 20.8 Å². The van der Waals surface area contributed by atoms with Gasteiger partial charge in [0.25, 0.3) is 0 Å². The molecule has 0 spiro atoms. The smallest absolute Gasteiger partial charge is 0.122 e. The first-order valence-electron chi connectivity index (χ1n) is 6.84. The van der Waals surface area contributed by atoms with Gasteiger partial charge in [-0.05, 0) is 34.9 Å². The molecular formula is C17H17BrO3. The molecule has 2 aromatic rings. The molecule has 4 heteroatoms. The Bertz CT molecular complexity index is 632. The van der Waals surface area contributed by atoms with Gasteiger partial charge in [0.15, 0.2) is 0 Å². The van der Waals surface area contributed by atoms with E-state index in [1.54, 1.807) is 14.2 Å². The van der Waals surface area contributed by atoms with E-state index in [1.807, 2.05) is 24.3 Å². The van der Waals surface area contributed by atoms with Crippen molar-refractivity contribution in [2.45, 2.75) is 11.2 Å². The number of alkyl halides is 1. The summed E-state index contributed by atoms with van der Waals surface area (Å²) >= 11 is 3.78. The summed E-state index contributed by atoms with van der Waals surface area (Å²) in [6.45, 7) is 0.777. The molecule has 0 N–H and O–H groups in total. The number of fused-ring (bicyclic) bond motifs is 1. The van der Waals surface area contributed by atoms with Crippen LogP contribution < -0.4 is 14.2 Å². The maximum atomic E-state index is 5.56. The summed E-state index contributed by atoms with van der Waals surface area (Å²) in [7, 11) is 3.32. The van der Waals surface area contributed by atoms with Crippen LogP contribution in [0.3, 0.4) is 0 Å². The minimum atomic E-state index is 0.0902. The predicted octanol–water partition coefficient (Wildman–Crippen LogP) is 4.12. The van der Waals surface area contributed by atoms with Crippen molar-refractivity contribution in [1.82, 2.24) is 0 Å². The lowest BCUT2D eigenvalue weighted by atomic mass is 10.0. The van der Waals surface area contributed by atoms with Crippen LogP contribution >= 0.6 is 15.9 Å². The highest BCUT2D eigenvalue weighted by atomic mass is 79.9. The van der Waals surface area contributed by atoms with Gasteiger partial charge in [0, 0.05) is 12.5 Å². The lowest BCUT2D eigenvalue weighted by Crippen LogP contribution is -1.96. The Balaban J connectivity index is 1.96. The van der Waals surface area contributed by atoms with E-state index >= 15 is 0 Å². The lowest BCUT2D eigenvalue weighted by Gasteiger charge is -2.14. The average molecular weight is 349 g/mol. The minimum Gasteiger partial charge on any atom is -0.497 e. The Hall–Kier alpha value is -1.68. The number of ether oxygens (including phenoxy) is 3. The number of halogens is 1. The van der Waals surface area contributed by atoms with Gasteiger partial charge in [-0.3, -0.25) is 0 Å². The highest BCUT2D eigenvalue weighted by Gasteiger charge is 2.17. The molecule has 1 atom stereocenters. The molecule has 3 nitrogen and oxygen atoms in total. The Morgan fingerprint density at radius 3 is 2.38 bits per heavy atom. The van der Waals surface area contributed by atoms with Gasteiger partial charge < -0.3 is 14.2 Å². The standard InChI is InChI=1S/C17H17BrO3/c1-19-14-8-13(9-15(10-14)20-2)17(18)12-3-4-16-11(7-12)5-6-21-16/h3-4,7-10,17H,5-6H2,1-2H3. The number of hydrogen-bond acceptors (Lipinski definition) is 3. The van der Waals surface area contributed by atoms with Crippen molar-refractivity contribution >= 4 is 15.9 Å². The average Bonchev–Trinajstić information content (AvgIpc) is 3.01. The van der Waals surface area contributed by atoms with Gasteiger partial charge in [0.2, 0.25) is 0 Å². The van der Waals surface area contributed by atoms with Gasteiger partial charge in [0.05, 0.1) is 25.7 Å². The second-order valence-electron chi connectivity index (χ2n) is 4.97. The number of hydrogen-bond donors (Lipinski definition) is 0. The van der Waals surface area contributed by atoms with Crippen molar-refractivity contribution in [1.29, 1.82) is 0 Å². The van der Waals surface area contributed by atoms with Gasteiger partial charge in [-0.25, -0.2) is 0 Å². The highest BCUT2D eigenvalue weighted by Crippen LogP contribution is 2.37. The molecule has 0 fully saturated rings. The first kappa shape index (κ1) is 14.3. The van der Waals surface area contributed by atoms with E-state index in [1.165, 1.54) is 11.1 Å². The van der Waals surface area contributed by atoms with Crippen LogP contribution in [0.4, 0.5) is 0 Å². The second-order valence-corrected chi connectivity index (χ2v) is 5.89. The fraction of sp³-hybridized carbons (Fsp3) is 0.294. The van der Waals surface area contributed by atoms with Crippen LogP contribution in [0.15, 0.2) is 36.4 Å². The molecule has 3 rings (SSSR count). The molecule has 0 saturated carbocycles. The van der Waals surface area contributed by atoms with Crippen LogP contribution in [0.5, 0.6) is 17.2 Å². The topological polar surface area (TPSA) is 27.7 Å². The van der Waals surface area contributed by atoms with E-state index in [-0.39, 0.29) is 4.83 Å².